The molecular weight excluding hydrogens is 244 g/mol. The Hall–Kier alpha value is -1.88. The summed E-state index contributed by atoms with van der Waals surface area (Å²) in [5.74, 6) is -0.997. The second-order valence-electron chi connectivity index (χ2n) is 4.84. The van der Waals surface area contributed by atoms with Gasteiger partial charge < -0.3 is 15.7 Å². The van der Waals surface area contributed by atoms with E-state index in [9.17, 15) is 9.59 Å². The highest BCUT2D eigenvalue weighted by molar-refractivity contribution is 5.92. The highest BCUT2D eigenvalue weighted by Gasteiger charge is 2.29. The maximum absolute atomic E-state index is 11.5. The normalized spacial score (nSPS) is 11.1. The molecule has 0 aromatic heterocycles. The summed E-state index contributed by atoms with van der Waals surface area (Å²) < 4.78 is 0. The summed E-state index contributed by atoms with van der Waals surface area (Å²) >= 11 is 0. The van der Waals surface area contributed by atoms with Crippen LogP contribution in [0.5, 0.6) is 0 Å². The molecule has 0 aliphatic heterocycles. The Morgan fingerprint density at radius 3 is 2.26 bits per heavy atom. The van der Waals surface area contributed by atoms with E-state index < -0.39 is 11.4 Å². The van der Waals surface area contributed by atoms with Crippen molar-refractivity contribution in [2.24, 2.45) is 0 Å². The largest absolute Gasteiger partial charge is 0.481 e. The number of rotatable bonds is 6. The summed E-state index contributed by atoms with van der Waals surface area (Å²) in [5.41, 5.74) is 0.421. The van der Waals surface area contributed by atoms with Crippen LogP contribution in [0.25, 0.3) is 0 Å². The Kier molecular flexibility index (Phi) is 5.06. The average molecular weight is 264 g/mol. The van der Waals surface area contributed by atoms with Gasteiger partial charge in [0, 0.05) is 5.69 Å². The number of carbonyl (C=O) groups is 2. The van der Waals surface area contributed by atoms with E-state index >= 15 is 0 Å². The minimum Gasteiger partial charge on any atom is -0.481 e. The molecule has 0 bridgehead atoms. The zero-order valence-corrected chi connectivity index (χ0v) is 11.5. The molecule has 0 aliphatic rings. The molecular formula is C14H20N2O3. The summed E-state index contributed by atoms with van der Waals surface area (Å²) in [4.78, 5) is 22.6. The molecule has 0 heterocycles. The molecule has 0 atom stereocenters. The highest BCUT2D eigenvalue weighted by atomic mass is 16.4. The van der Waals surface area contributed by atoms with E-state index in [2.05, 4.69) is 10.6 Å². The van der Waals surface area contributed by atoms with Crippen LogP contribution in [0.15, 0.2) is 24.3 Å². The lowest BCUT2D eigenvalue weighted by Crippen LogP contribution is -2.29. The Labute approximate surface area is 113 Å². The van der Waals surface area contributed by atoms with Crippen molar-refractivity contribution >= 4 is 17.6 Å². The maximum Gasteiger partial charge on any atom is 0.313 e. The van der Waals surface area contributed by atoms with E-state index in [4.69, 9.17) is 5.11 Å². The number of carboxylic acids is 1. The van der Waals surface area contributed by atoms with Crippen molar-refractivity contribution in [2.75, 3.05) is 18.4 Å². The van der Waals surface area contributed by atoms with Crippen molar-refractivity contribution in [3.63, 3.8) is 0 Å². The molecule has 3 N–H and O–H groups in total. The molecule has 5 heteroatoms. The molecule has 1 amide bonds. The van der Waals surface area contributed by atoms with E-state index in [1.807, 2.05) is 6.92 Å². The number of amides is 1. The summed E-state index contributed by atoms with van der Waals surface area (Å²) in [6.45, 7) is 6.22. The first kappa shape index (κ1) is 15.2. The summed E-state index contributed by atoms with van der Waals surface area (Å²) in [7, 11) is 0. The second kappa shape index (κ2) is 6.33. The lowest BCUT2D eigenvalue weighted by molar-refractivity contribution is -0.142. The van der Waals surface area contributed by atoms with Crippen LogP contribution in [-0.4, -0.2) is 30.1 Å². The predicted octanol–water partition coefficient (Wildman–Crippen LogP) is 1.60. The summed E-state index contributed by atoms with van der Waals surface area (Å²) in [5, 5.41) is 14.8. The zero-order chi connectivity index (χ0) is 14.5. The SMILES string of the molecule is CCNCC(=O)Nc1ccc(C(C)(C)C(=O)O)cc1. The van der Waals surface area contributed by atoms with Crippen molar-refractivity contribution in [1.82, 2.24) is 5.32 Å². The standard InChI is InChI=1S/C14H20N2O3/c1-4-15-9-12(17)16-11-7-5-10(6-8-11)14(2,3)13(18)19/h5-8,15H,4,9H2,1-3H3,(H,16,17)(H,18,19). The number of anilines is 1. The Morgan fingerprint density at radius 1 is 1.21 bits per heavy atom. The Bertz CT molecular complexity index is 452. The van der Waals surface area contributed by atoms with Crippen molar-refractivity contribution < 1.29 is 14.7 Å². The van der Waals surface area contributed by atoms with Gasteiger partial charge in [0.15, 0.2) is 0 Å². The van der Waals surface area contributed by atoms with Crippen LogP contribution in [0.1, 0.15) is 26.3 Å². The van der Waals surface area contributed by atoms with Crippen molar-refractivity contribution in [2.45, 2.75) is 26.2 Å². The van der Waals surface area contributed by atoms with Crippen molar-refractivity contribution in [1.29, 1.82) is 0 Å². The van der Waals surface area contributed by atoms with Crippen molar-refractivity contribution in [3.8, 4) is 0 Å². The molecule has 19 heavy (non-hydrogen) atoms. The molecule has 104 valence electrons. The van der Waals surface area contributed by atoms with Crippen LogP contribution in [0.3, 0.4) is 0 Å². The number of carbonyl (C=O) groups excluding carboxylic acids is 1. The van der Waals surface area contributed by atoms with Crippen LogP contribution >= 0.6 is 0 Å². The van der Waals surface area contributed by atoms with Crippen LogP contribution in [-0.2, 0) is 15.0 Å². The minimum atomic E-state index is -0.938. The fourth-order valence-electron chi connectivity index (χ4n) is 1.54. The predicted molar refractivity (Wildman–Crippen MR) is 74.3 cm³/mol. The molecule has 0 spiro atoms. The molecule has 0 saturated carbocycles. The number of likely N-dealkylation sites (N-methyl/N-ethyl adjacent to an activating group) is 1. The molecule has 0 fully saturated rings. The minimum absolute atomic E-state index is 0.118. The van der Waals surface area contributed by atoms with Gasteiger partial charge in [0.25, 0.3) is 0 Å². The van der Waals surface area contributed by atoms with Gasteiger partial charge in [-0.2, -0.15) is 0 Å². The molecule has 5 nitrogen and oxygen atoms in total. The quantitative estimate of drug-likeness (QED) is 0.729. The highest BCUT2D eigenvalue weighted by Crippen LogP contribution is 2.24. The van der Waals surface area contributed by atoms with Crippen LogP contribution in [0.4, 0.5) is 5.69 Å². The average Bonchev–Trinajstić information content (AvgIpc) is 2.36. The first-order valence-corrected chi connectivity index (χ1v) is 6.22. The fraction of sp³-hybridized carbons (Fsp3) is 0.429. The number of benzene rings is 1. The molecule has 1 aromatic carbocycles. The number of carboxylic acid groups (broad SMARTS) is 1. The van der Waals surface area contributed by atoms with E-state index in [0.717, 1.165) is 6.54 Å². The van der Waals surface area contributed by atoms with Gasteiger partial charge in [-0.3, -0.25) is 9.59 Å². The maximum atomic E-state index is 11.5. The lowest BCUT2D eigenvalue weighted by atomic mass is 9.85. The molecule has 0 saturated heterocycles. The summed E-state index contributed by atoms with van der Waals surface area (Å²) in [6.07, 6.45) is 0. The Morgan fingerprint density at radius 2 is 1.79 bits per heavy atom. The van der Waals surface area contributed by atoms with E-state index in [1.54, 1.807) is 38.1 Å². The van der Waals surface area contributed by atoms with Crippen LogP contribution < -0.4 is 10.6 Å². The molecule has 1 rings (SSSR count). The zero-order valence-electron chi connectivity index (χ0n) is 11.5. The van der Waals surface area contributed by atoms with E-state index in [-0.39, 0.29) is 12.5 Å². The third-order valence-corrected chi connectivity index (χ3v) is 2.96. The van der Waals surface area contributed by atoms with Gasteiger partial charge in [0.05, 0.1) is 12.0 Å². The van der Waals surface area contributed by atoms with E-state index in [0.29, 0.717) is 11.3 Å². The van der Waals surface area contributed by atoms with Gasteiger partial charge in [-0.1, -0.05) is 19.1 Å². The smallest absolute Gasteiger partial charge is 0.313 e. The van der Waals surface area contributed by atoms with Crippen LogP contribution in [0, 0.1) is 0 Å². The fourth-order valence-corrected chi connectivity index (χ4v) is 1.54. The van der Waals surface area contributed by atoms with Crippen molar-refractivity contribution in [3.05, 3.63) is 29.8 Å². The van der Waals surface area contributed by atoms with Gasteiger partial charge >= 0.3 is 5.97 Å². The number of aliphatic carboxylic acids is 1. The second-order valence-corrected chi connectivity index (χ2v) is 4.84. The summed E-state index contributed by atoms with van der Waals surface area (Å²) in [6, 6.07) is 6.86. The van der Waals surface area contributed by atoms with Gasteiger partial charge in [-0.15, -0.1) is 0 Å². The molecule has 1 aromatic rings. The Balaban J connectivity index is 2.72. The van der Waals surface area contributed by atoms with E-state index in [1.165, 1.54) is 0 Å². The van der Waals surface area contributed by atoms with Crippen LogP contribution in [0.2, 0.25) is 0 Å². The lowest BCUT2D eigenvalue weighted by Gasteiger charge is -2.19. The first-order valence-electron chi connectivity index (χ1n) is 6.22. The molecule has 0 radical (unpaired) electrons. The van der Waals surface area contributed by atoms with Gasteiger partial charge in [-0.25, -0.2) is 0 Å². The number of hydrogen-bond donors (Lipinski definition) is 3. The molecule has 0 aliphatic carbocycles. The number of hydrogen-bond acceptors (Lipinski definition) is 3. The van der Waals surface area contributed by atoms with Gasteiger partial charge in [0.2, 0.25) is 5.91 Å². The first-order chi connectivity index (χ1) is 8.87. The van der Waals surface area contributed by atoms with Gasteiger partial charge in [0.1, 0.15) is 0 Å². The third kappa shape index (κ3) is 4.06. The van der Waals surface area contributed by atoms with Gasteiger partial charge in [-0.05, 0) is 38.1 Å². The monoisotopic (exact) mass is 264 g/mol. The third-order valence-electron chi connectivity index (χ3n) is 2.96. The number of nitrogens with one attached hydrogen (secondary N) is 2. The molecule has 0 unspecified atom stereocenters. The topological polar surface area (TPSA) is 78.4 Å².